The maximum atomic E-state index is 10.7. The molecule has 0 atom stereocenters. The van der Waals surface area contributed by atoms with Gasteiger partial charge in [0.15, 0.2) is 0 Å². The fourth-order valence-corrected chi connectivity index (χ4v) is 19.1. The third-order valence-electron chi connectivity index (χ3n) is 15.1. The number of hydrogen-bond acceptors (Lipinski definition) is 1. The second kappa shape index (κ2) is 13.6. The molecule has 0 saturated carbocycles. The molecule has 2 heterocycles. The van der Waals surface area contributed by atoms with E-state index in [1.165, 1.54) is 139 Å². The number of hydrogen-bond donors (Lipinski definition) is 0. The number of benzene rings is 12. The first kappa shape index (κ1) is 37.6. The van der Waals surface area contributed by atoms with Crippen LogP contribution in [0.1, 0.15) is 5.56 Å². The zero-order chi connectivity index (χ0) is 44.5. The fourth-order valence-electron chi connectivity index (χ4n) is 12.4. The van der Waals surface area contributed by atoms with E-state index in [2.05, 4.69) is 193 Å². The van der Waals surface area contributed by atoms with Crippen molar-refractivity contribution in [2.24, 2.45) is 0 Å². The van der Waals surface area contributed by atoms with Crippen molar-refractivity contribution in [3.63, 3.8) is 0 Å². The molecule has 2 aromatic heterocycles. The van der Waals surface area contributed by atoms with Crippen LogP contribution >= 0.6 is 0 Å². The summed E-state index contributed by atoms with van der Waals surface area (Å²) in [5, 5.41) is 28.2. The third kappa shape index (κ3) is 4.86. The summed E-state index contributed by atoms with van der Waals surface area (Å²) in [5.74, 6) is 0. The molecule has 0 amide bonds. The van der Waals surface area contributed by atoms with Crippen LogP contribution in [0.4, 0.5) is 5.69 Å². The van der Waals surface area contributed by atoms with Crippen molar-refractivity contribution in [3.05, 3.63) is 199 Å². The molecule has 308 valence electrons. The van der Waals surface area contributed by atoms with Crippen molar-refractivity contribution in [2.75, 3.05) is 0 Å². The van der Waals surface area contributed by atoms with Gasteiger partial charge in [0.1, 0.15) is 0 Å². The molecule has 4 heteroatoms. The molecule has 0 unspecified atom stereocenters. The summed E-state index contributed by atoms with van der Waals surface area (Å²) in [6.07, 6.45) is 0. The zero-order valence-corrected chi connectivity index (χ0v) is 40.7. The Bertz CT molecular complexity index is 4810. The summed E-state index contributed by atoms with van der Waals surface area (Å²) in [7, 11) is 0. The monoisotopic (exact) mass is 1090 g/mol. The Morgan fingerprint density at radius 1 is 0.338 bits per heavy atom. The Morgan fingerprint density at radius 2 is 0.868 bits per heavy atom. The fraction of sp³-hybridized carbons (Fsp3) is 0. The van der Waals surface area contributed by atoms with Gasteiger partial charge in [-0.15, -0.1) is 0 Å². The van der Waals surface area contributed by atoms with E-state index in [0.717, 1.165) is 16.7 Å². The van der Waals surface area contributed by atoms with E-state index >= 15 is 0 Å². The van der Waals surface area contributed by atoms with Crippen molar-refractivity contribution in [3.8, 4) is 72.8 Å². The van der Waals surface area contributed by atoms with Crippen molar-refractivity contribution < 1.29 is 0 Å². The van der Waals surface area contributed by atoms with Crippen LogP contribution < -0.4 is 0 Å². The van der Waals surface area contributed by atoms with Gasteiger partial charge in [-0.2, -0.15) is 0 Å². The van der Waals surface area contributed by atoms with Crippen molar-refractivity contribution in [1.82, 2.24) is 0 Å². The van der Waals surface area contributed by atoms with Gasteiger partial charge in [-0.3, -0.25) is 0 Å². The minimum absolute atomic E-state index is 0.691. The normalized spacial score (nSPS) is 12.4. The molecule has 0 bridgehead atoms. The van der Waals surface area contributed by atoms with Gasteiger partial charge in [0.05, 0.1) is 0 Å². The molecule has 14 aromatic rings. The second-order valence-corrected chi connectivity index (χ2v) is 24.6. The van der Waals surface area contributed by atoms with E-state index in [4.69, 9.17) is 6.57 Å². The number of nitrogens with zero attached hydrogens (tertiary/aromatic N) is 2. The Kier molecular flexibility index (Phi) is 7.50. The predicted molar refractivity (Wildman–Crippen MR) is 289 cm³/mol. The number of rotatable bonds is 2. The van der Waals surface area contributed by atoms with Gasteiger partial charge in [0, 0.05) is 0 Å². The maximum absolute atomic E-state index is 10.7. The summed E-state index contributed by atoms with van der Waals surface area (Å²) in [4.78, 5) is 4.13. The van der Waals surface area contributed by atoms with Crippen LogP contribution in [0.5, 0.6) is 0 Å². The predicted octanol–water partition coefficient (Wildman–Crippen LogP) is 17.2. The van der Waals surface area contributed by atoms with Crippen molar-refractivity contribution >= 4 is 136 Å². The molecule has 2 aliphatic carbocycles. The Balaban J connectivity index is 1.13. The van der Waals surface area contributed by atoms with Gasteiger partial charge in [0.2, 0.25) is 0 Å². The van der Waals surface area contributed by atoms with Crippen LogP contribution in [-0.4, -0.2) is 40.9 Å². The van der Waals surface area contributed by atoms with Crippen LogP contribution in [-0.2, 0) is 0 Å². The minimum atomic E-state index is -0.701. The first-order chi connectivity index (χ1) is 33.6. The molecule has 0 N–H and O–H groups in total. The molecule has 2 aliphatic rings. The van der Waals surface area contributed by atoms with Crippen molar-refractivity contribution in [1.29, 1.82) is 5.26 Å². The molecule has 0 aliphatic heterocycles. The van der Waals surface area contributed by atoms with Crippen LogP contribution in [0.3, 0.4) is 0 Å². The van der Waals surface area contributed by atoms with Crippen LogP contribution in [0.15, 0.2) is 182 Å². The molecular weight excluding hydrogens is 1050 g/mol. The van der Waals surface area contributed by atoms with Gasteiger partial charge in [-0.1, -0.05) is 0 Å². The second-order valence-electron chi connectivity index (χ2n) is 18.4. The molecule has 68 heavy (non-hydrogen) atoms. The molecular formula is C64H30N2Te2. The van der Waals surface area contributed by atoms with E-state index in [1.54, 1.807) is 0 Å². The molecule has 12 aromatic carbocycles. The van der Waals surface area contributed by atoms with Crippen LogP contribution in [0, 0.1) is 17.9 Å². The summed E-state index contributed by atoms with van der Waals surface area (Å²) < 4.78 is 5.53. The van der Waals surface area contributed by atoms with Gasteiger partial charge in [-0.25, -0.2) is 0 Å². The molecule has 2 nitrogen and oxygen atoms in total. The molecule has 0 saturated heterocycles. The standard InChI is InChI=1S/C64H30N2Te2/c1-66-36-26-52(61-42-14-2-4-20-55(42)68-58(61)27-36)51-29-45-37(46-28-47-38-16-6-10-34-11-7-17-39(59(34)38)48(47)30-50(46)51)22-23-41-49(45)31-53-40-18-8-12-35-13-9-19-44(60(35)40)64(53)63(41)54-24-33(32-65)25-57-62(54)43-15-3-5-21-56(43)67-57/h2-31H. The van der Waals surface area contributed by atoms with E-state index in [1.807, 2.05) is 0 Å². The van der Waals surface area contributed by atoms with Crippen molar-refractivity contribution in [2.45, 2.75) is 0 Å². The molecule has 0 radical (unpaired) electrons. The summed E-state index contributed by atoms with van der Waals surface area (Å²) in [6.45, 7) is 8.39. The quantitative estimate of drug-likeness (QED) is 0.0963. The average molecular weight is 1080 g/mol. The Hall–Kier alpha value is -7.50. The summed E-state index contributed by atoms with van der Waals surface area (Å²) in [5.41, 5.74) is 16.1. The molecule has 16 rings (SSSR count). The van der Waals surface area contributed by atoms with E-state index in [-0.39, 0.29) is 0 Å². The SMILES string of the molecule is [C-]#[N+]c1cc(-c2cc3c4cc5c(c(-c6cc(C#N)cc7[te]c8ccccc8c67)c4ccc3c3cc4c(cc23)-c2cccc3cccc-4c23)-c2cccc3cccc-5c23)c2c(c1)[te]c1ccccc12. The van der Waals surface area contributed by atoms with Gasteiger partial charge >= 0.3 is 413 Å². The molecule has 0 fully saturated rings. The van der Waals surface area contributed by atoms with Crippen LogP contribution in [0.25, 0.3) is 161 Å². The van der Waals surface area contributed by atoms with E-state index in [9.17, 15) is 5.26 Å². The third-order valence-corrected chi connectivity index (χ3v) is 21.5. The van der Waals surface area contributed by atoms with Crippen LogP contribution in [0.2, 0.25) is 0 Å². The first-order valence-electron chi connectivity index (χ1n) is 22.9. The summed E-state index contributed by atoms with van der Waals surface area (Å²) in [6, 6.07) is 70.8. The first-order valence-corrected chi connectivity index (χ1v) is 27.6. The van der Waals surface area contributed by atoms with Gasteiger partial charge in [0.25, 0.3) is 0 Å². The zero-order valence-electron chi connectivity index (χ0n) is 36.0. The molecule has 0 spiro atoms. The van der Waals surface area contributed by atoms with Gasteiger partial charge < -0.3 is 0 Å². The van der Waals surface area contributed by atoms with E-state index < -0.39 is 40.9 Å². The topological polar surface area (TPSA) is 28.1 Å². The Labute approximate surface area is 409 Å². The summed E-state index contributed by atoms with van der Waals surface area (Å²) >= 11 is -1.39. The number of nitriles is 1. The number of fused-ring (bicyclic) bond motifs is 17. The average Bonchev–Trinajstić information content (AvgIpc) is 4.14. The van der Waals surface area contributed by atoms with E-state index in [0.29, 0.717) is 11.3 Å². The van der Waals surface area contributed by atoms with Gasteiger partial charge in [-0.05, 0) is 0 Å². The Morgan fingerprint density at radius 3 is 1.54 bits per heavy atom.